The molecular weight excluding hydrogens is 346 g/mol. The van der Waals surface area contributed by atoms with Crippen LogP contribution in [-0.4, -0.2) is 28.4 Å². The predicted molar refractivity (Wildman–Crippen MR) is 101 cm³/mol. The molecule has 1 aliphatic rings. The normalized spacial score (nSPS) is 12.5. The Bertz CT molecular complexity index is 1050. The molecule has 2 heterocycles. The minimum absolute atomic E-state index is 0.00743. The number of amides is 1. The summed E-state index contributed by atoms with van der Waals surface area (Å²) in [5.41, 5.74) is 2.51. The number of nitrogens with one attached hydrogen (secondary N) is 1. The summed E-state index contributed by atoms with van der Waals surface area (Å²) in [6.45, 7) is 3.23. The number of rotatable bonds is 6. The second kappa shape index (κ2) is 7.19. The van der Waals surface area contributed by atoms with E-state index in [2.05, 4.69) is 5.32 Å². The number of aromatic nitrogens is 2. The second-order valence-electron chi connectivity index (χ2n) is 6.39. The van der Waals surface area contributed by atoms with E-state index in [1.165, 1.54) is 4.57 Å². The first-order valence-electron chi connectivity index (χ1n) is 9.00. The van der Waals surface area contributed by atoms with Gasteiger partial charge >= 0.3 is 5.69 Å². The molecule has 1 amide bonds. The lowest BCUT2D eigenvalue weighted by molar-refractivity contribution is -0.121. The molecular formula is C20H21N3O4. The van der Waals surface area contributed by atoms with Crippen LogP contribution in [0.3, 0.4) is 0 Å². The Morgan fingerprint density at radius 2 is 1.81 bits per heavy atom. The number of benzene rings is 2. The summed E-state index contributed by atoms with van der Waals surface area (Å²) in [6, 6.07) is 13.3. The number of fused-ring (bicyclic) bond motifs is 2. The number of imidazole rings is 1. The van der Waals surface area contributed by atoms with Crippen molar-refractivity contribution >= 4 is 16.9 Å². The van der Waals surface area contributed by atoms with E-state index in [-0.39, 0.29) is 24.9 Å². The first kappa shape index (κ1) is 17.2. The highest BCUT2D eigenvalue weighted by Gasteiger charge is 2.15. The van der Waals surface area contributed by atoms with Gasteiger partial charge in [-0.25, -0.2) is 4.79 Å². The lowest BCUT2D eigenvalue weighted by Gasteiger charge is -2.07. The van der Waals surface area contributed by atoms with Gasteiger partial charge in [0.15, 0.2) is 11.5 Å². The van der Waals surface area contributed by atoms with E-state index in [0.29, 0.717) is 19.5 Å². The van der Waals surface area contributed by atoms with Crippen molar-refractivity contribution in [2.45, 2.75) is 26.4 Å². The molecule has 0 saturated carbocycles. The number of nitrogens with zero attached hydrogens (tertiary/aromatic N) is 2. The Morgan fingerprint density at radius 1 is 1.07 bits per heavy atom. The van der Waals surface area contributed by atoms with Gasteiger partial charge in [-0.05, 0) is 43.2 Å². The molecule has 0 bridgehead atoms. The quantitative estimate of drug-likeness (QED) is 0.722. The van der Waals surface area contributed by atoms with Gasteiger partial charge in [-0.1, -0.05) is 18.2 Å². The first-order chi connectivity index (χ1) is 13.2. The van der Waals surface area contributed by atoms with Crippen molar-refractivity contribution in [2.24, 2.45) is 0 Å². The SMILES string of the molecule is CCn1c(=O)n(CC(=O)NCCc2ccc3c(c2)OCO3)c2ccccc21. The zero-order valence-electron chi connectivity index (χ0n) is 15.1. The molecule has 0 unspecified atom stereocenters. The third-order valence-electron chi connectivity index (χ3n) is 4.72. The number of carbonyl (C=O) groups is 1. The number of hydrogen-bond acceptors (Lipinski definition) is 4. The Kier molecular flexibility index (Phi) is 4.58. The maximum Gasteiger partial charge on any atom is 0.329 e. The van der Waals surface area contributed by atoms with Crippen molar-refractivity contribution in [1.29, 1.82) is 0 Å². The largest absolute Gasteiger partial charge is 0.454 e. The maximum absolute atomic E-state index is 12.6. The fourth-order valence-corrected chi connectivity index (χ4v) is 3.37. The molecule has 0 atom stereocenters. The van der Waals surface area contributed by atoms with Gasteiger partial charge in [0, 0.05) is 13.1 Å². The predicted octanol–water partition coefficient (Wildman–Crippen LogP) is 1.91. The summed E-state index contributed by atoms with van der Waals surface area (Å²) < 4.78 is 13.9. The van der Waals surface area contributed by atoms with Crippen LogP contribution < -0.4 is 20.5 Å². The summed E-state index contributed by atoms with van der Waals surface area (Å²) in [7, 11) is 0. The summed E-state index contributed by atoms with van der Waals surface area (Å²) in [5.74, 6) is 1.30. The minimum atomic E-state index is -0.183. The number of aryl methyl sites for hydroxylation is 1. The van der Waals surface area contributed by atoms with E-state index >= 15 is 0 Å². The number of carbonyl (C=O) groups excluding carboxylic acids is 1. The molecule has 7 heteroatoms. The van der Waals surface area contributed by atoms with Crippen molar-refractivity contribution in [2.75, 3.05) is 13.3 Å². The van der Waals surface area contributed by atoms with Crippen LogP contribution in [0.1, 0.15) is 12.5 Å². The lowest BCUT2D eigenvalue weighted by Crippen LogP contribution is -2.34. The van der Waals surface area contributed by atoms with E-state index in [1.807, 2.05) is 49.4 Å². The summed E-state index contributed by atoms with van der Waals surface area (Å²) in [6.07, 6.45) is 0.675. The van der Waals surface area contributed by atoms with Crippen LogP contribution in [0, 0.1) is 0 Å². The van der Waals surface area contributed by atoms with Gasteiger partial charge in [0.2, 0.25) is 12.7 Å². The van der Waals surface area contributed by atoms with Crippen molar-refractivity contribution in [1.82, 2.24) is 14.5 Å². The van der Waals surface area contributed by atoms with E-state index in [1.54, 1.807) is 4.57 Å². The molecule has 1 aliphatic heterocycles. The highest BCUT2D eigenvalue weighted by atomic mass is 16.7. The van der Waals surface area contributed by atoms with Gasteiger partial charge in [-0.2, -0.15) is 0 Å². The zero-order chi connectivity index (χ0) is 18.8. The van der Waals surface area contributed by atoms with Gasteiger partial charge in [0.1, 0.15) is 6.54 Å². The van der Waals surface area contributed by atoms with E-state index in [9.17, 15) is 9.59 Å². The molecule has 7 nitrogen and oxygen atoms in total. The third kappa shape index (κ3) is 3.28. The Hall–Kier alpha value is -3.22. The monoisotopic (exact) mass is 367 g/mol. The zero-order valence-corrected chi connectivity index (χ0v) is 15.1. The molecule has 140 valence electrons. The molecule has 1 aromatic heterocycles. The summed E-state index contributed by atoms with van der Waals surface area (Å²) in [5, 5.41) is 2.89. The van der Waals surface area contributed by atoms with Crippen molar-refractivity contribution in [3.05, 3.63) is 58.5 Å². The van der Waals surface area contributed by atoms with Crippen LogP contribution in [0.25, 0.3) is 11.0 Å². The highest BCUT2D eigenvalue weighted by molar-refractivity contribution is 5.80. The van der Waals surface area contributed by atoms with Gasteiger partial charge in [-0.3, -0.25) is 13.9 Å². The molecule has 0 spiro atoms. The van der Waals surface area contributed by atoms with Crippen LogP contribution in [0.5, 0.6) is 11.5 Å². The van der Waals surface area contributed by atoms with E-state index in [4.69, 9.17) is 9.47 Å². The first-order valence-corrected chi connectivity index (χ1v) is 9.00. The maximum atomic E-state index is 12.6. The standard InChI is InChI=1S/C20H21N3O4/c1-2-22-15-5-3-4-6-16(15)23(20(22)25)12-19(24)21-10-9-14-7-8-17-18(11-14)27-13-26-17/h3-8,11H,2,9-10,12-13H2,1H3,(H,21,24). The minimum Gasteiger partial charge on any atom is -0.454 e. The Morgan fingerprint density at radius 3 is 2.59 bits per heavy atom. The van der Waals surface area contributed by atoms with Crippen LogP contribution in [0.4, 0.5) is 0 Å². The lowest BCUT2D eigenvalue weighted by atomic mass is 10.1. The van der Waals surface area contributed by atoms with Crippen molar-refractivity contribution in [3.63, 3.8) is 0 Å². The summed E-state index contributed by atoms with van der Waals surface area (Å²) in [4.78, 5) is 24.9. The topological polar surface area (TPSA) is 74.5 Å². The highest BCUT2D eigenvalue weighted by Crippen LogP contribution is 2.32. The molecule has 4 rings (SSSR count). The van der Waals surface area contributed by atoms with Crippen LogP contribution in [0.15, 0.2) is 47.3 Å². The molecule has 0 radical (unpaired) electrons. The molecule has 2 aromatic carbocycles. The second-order valence-corrected chi connectivity index (χ2v) is 6.39. The van der Waals surface area contributed by atoms with Crippen molar-refractivity contribution in [3.8, 4) is 11.5 Å². The Labute approximate surface area is 156 Å². The van der Waals surface area contributed by atoms with Crippen LogP contribution in [0.2, 0.25) is 0 Å². The molecule has 3 aromatic rings. The van der Waals surface area contributed by atoms with E-state index in [0.717, 1.165) is 28.1 Å². The third-order valence-corrected chi connectivity index (χ3v) is 4.72. The Balaban J connectivity index is 1.41. The molecule has 27 heavy (non-hydrogen) atoms. The molecule has 0 fully saturated rings. The van der Waals surface area contributed by atoms with Crippen LogP contribution >= 0.6 is 0 Å². The average Bonchev–Trinajstić information content (AvgIpc) is 3.24. The smallest absolute Gasteiger partial charge is 0.329 e. The fraction of sp³-hybridized carbons (Fsp3) is 0.300. The average molecular weight is 367 g/mol. The number of hydrogen-bond donors (Lipinski definition) is 1. The molecule has 1 N–H and O–H groups in total. The van der Waals surface area contributed by atoms with Gasteiger partial charge in [-0.15, -0.1) is 0 Å². The summed E-state index contributed by atoms with van der Waals surface area (Å²) >= 11 is 0. The van der Waals surface area contributed by atoms with E-state index < -0.39 is 0 Å². The fourth-order valence-electron chi connectivity index (χ4n) is 3.37. The molecule has 0 aliphatic carbocycles. The van der Waals surface area contributed by atoms with Crippen molar-refractivity contribution < 1.29 is 14.3 Å². The van der Waals surface area contributed by atoms with Gasteiger partial charge < -0.3 is 14.8 Å². The van der Waals surface area contributed by atoms with Gasteiger partial charge in [0.05, 0.1) is 11.0 Å². The molecule has 0 saturated heterocycles. The van der Waals surface area contributed by atoms with Gasteiger partial charge in [0.25, 0.3) is 0 Å². The van der Waals surface area contributed by atoms with Crippen LogP contribution in [-0.2, 0) is 24.3 Å². The number of para-hydroxylation sites is 2. The number of ether oxygens (including phenoxy) is 2.